The molecule has 0 bridgehead atoms. The van der Waals surface area contributed by atoms with Gasteiger partial charge in [0.25, 0.3) is 0 Å². The van der Waals surface area contributed by atoms with Crippen LogP contribution in [0.25, 0.3) is 0 Å². The van der Waals surface area contributed by atoms with E-state index in [2.05, 4.69) is 10.6 Å². The highest BCUT2D eigenvalue weighted by atomic mass is 16.5. The van der Waals surface area contributed by atoms with Crippen LogP contribution < -0.4 is 10.6 Å². The van der Waals surface area contributed by atoms with Crippen molar-refractivity contribution < 1.29 is 19.4 Å². The Morgan fingerprint density at radius 3 is 2.60 bits per heavy atom. The monoisotopic (exact) mass is 287 g/mol. The molecule has 0 heterocycles. The Morgan fingerprint density at radius 2 is 2.05 bits per heavy atom. The second-order valence-corrected chi connectivity index (χ2v) is 5.36. The number of carboxylic acid groups (broad SMARTS) is 1. The predicted molar refractivity (Wildman–Crippen MR) is 74.7 cm³/mol. The van der Waals surface area contributed by atoms with E-state index >= 15 is 0 Å². The summed E-state index contributed by atoms with van der Waals surface area (Å²) in [7, 11) is 3.94. The molecule has 7 heteroatoms. The van der Waals surface area contributed by atoms with E-state index in [9.17, 15) is 9.59 Å². The van der Waals surface area contributed by atoms with Gasteiger partial charge in [-0.15, -0.1) is 0 Å². The molecule has 1 aliphatic carbocycles. The normalized spacial score (nSPS) is 15.9. The number of nitrogens with one attached hydrogen (secondary N) is 2. The predicted octanol–water partition coefficient (Wildman–Crippen LogP) is 0.117. The zero-order valence-corrected chi connectivity index (χ0v) is 12.2. The van der Waals surface area contributed by atoms with Crippen molar-refractivity contribution in [3.05, 3.63) is 0 Å². The van der Waals surface area contributed by atoms with E-state index in [0.717, 1.165) is 19.4 Å². The molecule has 0 aliphatic heterocycles. The first-order valence-corrected chi connectivity index (χ1v) is 6.97. The molecule has 7 nitrogen and oxygen atoms in total. The summed E-state index contributed by atoms with van der Waals surface area (Å²) in [5, 5.41) is 14.2. The van der Waals surface area contributed by atoms with Crippen molar-refractivity contribution in [3.8, 4) is 0 Å². The molecule has 1 fully saturated rings. The van der Waals surface area contributed by atoms with Crippen molar-refractivity contribution in [1.29, 1.82) is 0 Å². The lowest BCUT2D eigenvalue weighted by molar-refractivity contribution is -0.137. The summed E-state index contributed by atoms with van der Waals surface area (Å²) in [5.74, 6) is -0.567. The number of carboxylic acids is 1. The highest BCUT2D eigenvalue weighted by Crippen LogP contribution is 2.33. The maximum absolute atomic E-state index is 11.6. The summed E-state index contributed by atoms with van der Waals surface area (Å²) >= 11 is 0. The van der Waals surface area contributed by atoms with Gasteiger partial charge in [-0.05, 0) is 32.9 Å². The standard InChI is InChI=1S/C13H25N3O4/c1-16(2)6-8-20-7-5-14-13(19)15-11(9-12(17)18)10-3-4-10/h10-11H,3-9H2,1-2H3,(H,17,18)(H2,14,15,19). The third-order valence-corrected chi connectivity index (χ3v) is 3.12. The fourth-order valence-corrected chi connectivity index (χ4v) is 1.83. The van der Waals surface area contributed by atoms with Crippen LogP contribution in [-0.4, -0.2) is 68.4 Å². The van der Waals surface area contributed by atoms with Gasteiger partial charge in [-0.25, -0.2) is 4.79 Å². The molecule has 2 amide bonds. The molecule has 1 saturated carbocycles. The zero-order valence-electron chi connectivity index (χ0n) is 12.2. The molecule has 1 atom stereocenters. The molecule has 20 heavy (non-hydrogen) atoms. The van der Waals surface area contributed by atoms with E-state index in [1.807, 2.05) is 19.0 Å². The quantitative estimate of drug-likeness (QED) is 0.496. The lowest BCUT2D eigenvalue weighted by Gasteiger charge is -2.17. The van der Waals surface area contributed by atoms with Crippen LogP contribution in [-0.2, 0) is 9.53 Å². The minimum absolute atomic E-state index is 0.0164. The van der Waals surface area contributed by atoms with E-state index < -0.39 is 5.97 Å². The van der Waals surface area contributed by atoms with Gasteiger partial charge in [0.1, 0.15) is 0 Å². The Morgan fingerprint density at radius 1 is 1.35 bits per heavy atom. The van der Waals surface area contributed by atoms with Gasteiger partial charge in [-0.1, -0.05) is 0 Å². The molecule has 3 N–H and O–H groups in total. The van der Waals surface area contributed by atoms with Crippen molar-refractivity contribution in [3.63, 3.8) is 0 Å². The largest absolute Gasteiger partial charge is 0.481 e. The number of carbonyl (C=O) groups excluding carboxylic acids is 1. The van der Waals surface area contributed by atoms with Crippen LogP contribution in [0.1, 0.15) is 19.3 Å². The smallest absolute Gasteiger partial charge is 0.315 e. The average Bonchev–Trinajstić information content (AvgIpc) is 3.15. The summed E-state index contributed by atoms with van der Waals surface area (Å²) in [6.45, 7) is 2.34. The molecule has 0 spiro atoms. The third-order valence-electron chi connectivity index (χ3n) is 3.12. The number of hydrogen-bond donors (Lipinski definition) is 3. The molecule has 1 rings (SSSR count). The van der Waals surface area contributed by atoms with Gasteiger partial charge in [0.05, 0.1) is 19.6 Å². The fourth-order valence-electron chi connectivity index (χ4n) is 1.83. The van der Waals surface area contributed by atoms with E-state index in [1.54, 1.807) is 0 Å². The number of nitrogens with zero attached hydrogens (tertiary/aromatic N) is 1. The molecule has 0 saturated heterocycles. The van der Waals surface area contributed by atoms with Gasteiger partial charge in [0.2, 0.25) is 0 Å². The molecule has 0 radical (unpaired) electrons. The molecular weight excluding hydrogens is 262 g/mol. The number of ether oxygens (including phenoxy) is 1. The first kappa shape index (κ1) is 16.7. The van der Waals surface area contributed by atoms with Gasteiger partial charge < -0.3 is 25.4 Å². The van der Waals surface area contributed by atoms with Crippen LogP contribution in [0.2, 0.25) is 0 Å². The lowest BCUT2D eigenvalue weighted by Crippen LogP contribution is -2.45. The minimum atomic E-state index is -0.880. The molecule has 0 aromatic rings. The fraction of sp³-hybridized carbons (Fsp3) is 0.846. The van der Waals surface area contributed by atoms with Crippen LogP contribution in [0.5, 0.6) is 0 Å². The van der Waals surface area contributed by atoms with E-state index in [4.69, 9.17) is 9.84 Å². The average molecular weight is 287 g/mol. The van der Waals surface area contributed by atoms with Crippen LogP contribution in [0.3, 0.4) is 0 Å². The zero-order chi connectivity index (χ0) is 15.0. The Labute approximate surface area is 119 Å². The second-order valence-electron chi connectivity index (χ2n) is 5.36. The highest BCUT2D eigenvalue weighted by molar-refractivity contribution is 5.75. The van der Waals surface area contributed by atoms with Crippen molar-refractivity contribution in [1.82, 2.24) is 15.5 Å². The van der Waals surface area contributed by atoms with Crippen molar-refractivity contribution in [2.45, 2.75) is 25.3 Å². The van der Waals surface area contributed by atoms with Crippen LogP contribution >= 0.6 is 0 Å². The molecule has 0 aromatic heterocycles. The van der Waals surface area contributed by atoms with Crippen molar-refractivity contribution >= 4 is 12.0 Å². The highest BCUT2D eigenvalue weighted by Gasteiger charge is 2.33. The Bertz CT molecular complexity index is 319. The minimum Gasteiger partial charge on any atom is -0.481 e. The van der Waals surface area contributed by atoms with Crippen molar-refractivity contribution in [2.24, 2.45) is 5.92 Å². The molecule has 0 aromatic carbocycles. The second kappa shape index (κ2) is 8.76. The molecule has 1 unspecified atom stereocenters. The Hall–Kier alpha value is -1.34. The van der Waals surface area contributed by atoms with Gasteiger partial charge >= 0.3 is 12.0 Å². The first-order chi connectivity index (χ1) is 9.49. The number of urea groups is 1. The Kier molecular flexibility index (Phi) is 7.32. The molecule has 1 aliphatic rings. The van der Waals surface area contributed by atoms with E-state index in [1.165, 1.54) is 0 Å². The first-order valence-electron chi connectivity index (χ1n) is 6.97. The third kappa shape index (κ3) is 7.96. The van der Waals surface area contributed by atoms with Crippen LogP contribution in [0.4, 0.5) is 4.79 Å². The van der Waals surface area contributed by atoms with Gasteiger partial charge in [0.15, 0.2) is 0 Å². The van der Waals surface area contributed by atoms with Gasteiger partial charge in [0, 0.05) is 19.1 Å². The van der Waals surface area contributed by atoms with E-state index in [-0.39, 0.29) is 18.5 Å². The summed E-state index contributed by atoms with van der Waals surface area (Å²) in [4.78, 5) is 24.4. The number of carbonyl (C=O) groups is 2. The maximum atomic E-state index is 11.6. The van der Waals surface area contributed by atoms with Crippen LogP contribution in [0, 0.1) is 5.92 Å². The molecular formula is C13H25N3O4. The number of likely N-dealkylation sites (N-methyl/N-ethyl adjacent to an activating group) is 1. The summed E-state index contributed by atoms with van der Waals surface area (Å²) < 4.78 is 5.35. The number of rotatable bonds is 10. The summed E-state index contributed by atoms with van der Waals surface area (Å²) in [6.07, 6.45) is 1.97. The summed E-state index contributed by atoms with van der Waals surface area (Å²) in [6, 6.07) is -0.582. The van der Waals surface area contributed by atoms with Crippen molar-refractivity contribution in [2.75, 3.05) is 40.4 Å². The number of amides is 2. The Balaban J connectivity index is 2.07. The SMILES string of the molecule is CN(C)CCOCCNC(=O)NC(CC(=O)O)C1CC1. The molecule has 116 valence electrons. The van der Waals surface area contributed by atoms with E-state index in [0.29, 0.717) is 25.7 Å². The topological polar surface area (TPSA) is 90.9 Å². The van der Waals surface area contributed by atoms with Gasteiger partial charge in [-0.3, -0.25) is 4.79 Å². The summed E-state index contributed by atoms with van der Waals surface area (Å²) in [5.41, 5.74) is 0. The maximum Gasteiger partial charge on any atom is 0.315 e. The number of hydrogen-bond acceptors (Lipinski definition) is 4. The van der Waals surface area contributed by atoms with Crippen LogP contribution in [0.15, 0.2) is 0 Å². The lowest BCUT2D eigenvalue weighted by atomic mass is 10.1. The van der Waals surface area contributed by atoms with Gasteiger partial charge in [-0.2, -0.15) is 0 Å². The number of aliphatic carboxylic acids is 1.